The zero-order chi connectivity index (χ0) is 18.7. The van der Waals surface area contributed by atoms with Crippen LogP contribution in [0.1, 0.15) is 18.8 Å². The van der Waals surface area contributed by atoms with Crippen molar-refractivity contribution in [1.29, 1.82) is 0 Å². The molecule has 0 aliphatic heterocycles. The molecule has 1 unspecified atom stereocenters. The number of likely N-dealkylation sites (N-methyl/N-ethyl adjacent to an activating group) is 1. The number of fused-ring (bicyclic) bond motifs is 1. The van der Waals surface area contributed by atoms with Gasteiger partial charge in [-0.3, -0.25) is 9.59 Å². The number of quaternary nitrogens is 1. The van der Waals surface area contributed by atoms with Crippen LogP contribution in [0.15, 0.2) is 53.3 Å². The van der Waals surface area contributed by atoms with Gasteiger partial charge >= 0.3 is 0 Å². The van der Waals surface area contributed by atoms with Crippen molar-refractivity contribution in [1.82, 2.24) is 9.97 Å². The second-order valence-electron chi connectivity index (χ2n) is 6.27. The topological polar surface area (TPSA) is 79.3 Å². The Balaban J connectivity index is 1.72. The number of nitrogens with zero attached hydrogens (tertiary/aromatic N) is 1. The van der Waals surface area contributed by atoms with Crippen LogP contribution in [0.2, 0.25) is 0 Å². The van der Waals surface area contributed by atoms with Crippen molar-refractivity contribution in [3.05, 3.63) is 70.5 Å². The number of anilines is 1. The number of aromatic nitrogens is 2. The molecule has 0 fully saturated rings. The van der Waals surface area contributed by atoms with Crippen molar-refractivity contribution < 1.29 is 14.1 Å². The Labute approximate surface area is 149 Å². The summed E-state index contributed by atoms with van der Waals surface area (Å²) >= 11 is 0. The number of H-pyrrole nitrogens is 1. The van der Waals surface area contributed by atoms with Gasteiger partial charge in [0.15, 0.2) is 12.4 Å². The summed E-state index contributed by atoms with van der Waals surface area (Å²) in [5.74, 6) is -0.136. The fourth-order valence-corrected chi connectivity index (χ4v) is 2.72. The summed E-state index contributed by atoms with van der Waals surface area (Å²) in [6, 6.07) is 12.7. The SMILES string of the molecule is C[C@H](c1nc2ccccc2c(=O)[nH]1)[NH+](C)CC(=O)Nc1cccc(F)c1. The van der Waals surface area contributed by atoms with Gasteiger partial charge in [-0.25, -0.2) is 9.37 Å². The molecule has 1 amide bonds. The molecule has 0 spiro atoms. The Morgan fingerprint density at radius 3 is 2.81 bits per heavy atom. The number of benzene rings is 2. The number of hydrogen-bond acceptors (Lipinski definition) is 3. The lowest BCUT2D eigenvalue weighted by molar-refractivity contribution is -0.902. The fraction of sp³-hybridized carbons (Fsp3) is 0.211. The third-order valence-corrected chi connectivity index (χ3v) is 4.33. The van der Waals surface area contributed by atoms with Crippen LogP contribution in [0.3, 0.4) is 0 Å². The highest BCUT2D eigenvalue weighted by molar-refractivity contribution is 5.91. The average Bonchev–Trinajstić information content (AvgIpc) is 2.61. The fourth-order valence-electron chi connectivity index (χ4n) is 2.72. The quantitative estimate of drug-likeness (QED) is 0.645. The third kappa shape index (κ3) is 3.94. The van der Waals surface area contributed by atoms with Gasteiger partial charge in [0, 0.05) is 5.69 Å². The van der Waals surface area contributed by atoms with Crippen LogP contribution in [-0.2, 0) is 4.79 Å². The smallest absolute Gasteiger partial charge is 0.279 e. The largest absolute Gasteiger partial charge is 0.321 e. The van der Waals surface area contributed by atoms with E-state index >= 15 is 0 Å². The average molecular weight is 355 g/mol. The summed E-state index contributed by atoms with van der Waals surface area (Å²) in [5, 5.41) is 3.20. The molecule has 1 heterocycles. The first kappa shape index (κ1) is 17.8. The van der Waals surface area contributed by atoms with Crippen molar-refractivity contribution >= 4 is 22.5 Å². The second-order valence-corrected chi connectivity index (χ2v) is 6.27. The lowest BCUT2D eigenvalue weighted by atomic mass is 10.2. The number of hydrogen-bond donors (Lipinski definition) is 3. The standard InChI is InChI=1S/C19H19FN4O2/c1-12(18-22-16-9-4-3-8-15(16)19(26)23-18)24(2)11-17(25)21-14-7-5-6-13(20)10-14/h3-10,12H,11H2,1-2H3,(H,21,25)(H,22,23,26)/p+1/t12-/m1/s1. The Bertz CT molecular complexity index is 1000. The van der Waals surface area contributed by atoms with Crippen LogP contribution in [0.5, 0.6) is 0 Å². The van der Waals surface area contributed by atoms with Gasteiger partial charge in [-0.2, -0.15) is 0 Å². The van der Waals surface area contributed by atoms with Gasteiger partial charge in [0.1, 0.15) is 11.9 Å². The second kappa shape index (κ2) is 7.45. The molecule has 1 aromatic heterocycles. The molecule has 6 nitrogen and oxygen atoms in total. The zero-order valence-corrected chi connectivity index (χ0v) is 14.5. The van der Waals surface area contributed by atoms with Gasteiger partial charge in [0.05, 0.1) is 18.0 Å². The zero-order valence-electron chi connectivity index (χ0n) is 14.5. The number of carbonyl (C=O) groups is 1. The number of rotatable bonds is 5. The highest BCUT2D eigenvalue weighted by Gasteiger charge is 2.21. The first-order valence-corrected chi connectivity index (χ1v) is 8.30. The van der Waals surface area contributed by atoms with E-state index < -0.39 is 5.82 Å². The van der Waals surface area contributed by atoms with Gasteiger partial charge in [0.25, 0.3) is 11.5 Å². The minimum atomic E-state index is -0.408. The Kier molecular flexibility index (Phi) is 5.09. The van der Waals surface area contributed by atoms with Crippen molar-refractivity contribution in [3.63, 3.8) is 0 Å². The van der Waals surface area contributed by atoms with Crippen LogP contribution >= 0.6 is 0 Å². The lowest BCUT2D eigenvalue weighted by Crippen LogP contribution is -3.10. The molecule has 0 aliphatic carbocycles. The van der Waals surface area contributed by atoms with Crippen LogP contribution in [0, 0.1) is 5.82 Å². The molecule has 0 bridgehead atoms. The first-order valence-electron chi connectivity index (χ1n) is 8.30. The highest BCUT2D eigenvalue weighted by Crippen LogP contribution is 2.10. The number of halogens is 1. The molecule has 3 aromatic rings. The van der Waals surface area contributed by atoms with Crippen molar-refractivity contribution in [3.8, 4) is 0 Å². The van der Waals surface area contributed by atoms with Gasteiger partial charge in [-0.15, -0.1) is 0 Å². The summed E-state index contributed by atoms with van der Waals surface area (Å²) < 4.78 is 13.2. The van der Waals surface area contributed by atoms with Gasteiger partial charge in [0.2, 0.25) is 0 Å². The van der Waals surface area contributed by atoms with Crippen LogP contribution in [0.25, 0.3) is 10.9 Å². The van der Waals surface area contributed by atoms with Crippen molar-refractivity contribution in [2.45, 2.75) is 13.0 Å². The molecular weight excluding hydrogens is 335 g/mol. The Morgan fingerprint density at radius 2 is 2.04 bits per heavy atom. The molecule has 3 N–H and O–H groups in total. The van der Waals surface area contributed by atoms with E-state index in [-0.39, 0.29) is 24.1 Å². The van der Waals surface area contributed by atoms with E-state index in [0.717, 1.165) is 4.90 Å². The summed E-state index contributed by atoms with van der Waals surface area (Å²) in [4.78, 5) is 32.5. The van der Waals surface area contributed by atoms with Crippen LogP contribution in [-0.4, -0.2) is 29.5 Å². The van der Waals surface area contributed by atoms with E-state index in [4.69, 9.17) is 0 Å². The lowest BCUT2D eigenvalue weighted by Gasteiger charge is -2.20. The van der Waals surface area contributed by atoms with E-state index in [1.807, 2.05) is 20.0 Å². The summed E-state index contributed by atoms with van der Waals surface area (Å²) in [5.41, 5.74) is 0.831. The molecule has 0 radical (unpaired) electrons. The van der Waals surface area contributed by atoms with E-state index in [2.05, 4.69) is 15.3 Å². The highest BCUT2D eigenvalue weighted by atomic mass is 19.1. The molecule has 2 atom stereocenters. The molecule has 3 rings (SSSR count). The van der Waals surface area contributed by atoms with Gasteiger partial charge in [-0.1, -0.05) is 18.2 Å². The summed E-state index contributed by atoms with van der Waals surface area (Å²) in [6.45, 7) is 2.03. The maximum atomic E-state index is 13.2. The maximum absolute atomic E-state index is 13.2. The number of para-hydroxylation sites is 1. The predicted molar refractivity (Wildman–Crippen MR) is 97.6 cm³/mol. The van der Waals surface area contributed by atoms with E-state index in [9.17, 15) is 14.0 Å². The molecule has 134 valence electrons. The number of aromatic amines is 1. The van der Waals surface area contributed by atoms with Gasteiger partial charge in [-0.05, 0) is 37.3 Å². The minimum Gasteiger partial charge on any atom is -0.321 e. The first-order chi connectivity index (χ1) is 12.4. The molecule has 0 saturated heterocycles. The number of nitrogens with one attached hydrogen (secondary N) is 3. The molecular formula is C19H20FN4O2+. The number of carbonyl (C=O) groups excluding carboxylic acids is 1. The molecule has 2 aromatic carbocycles. The van der Waals surface area contributed by atoms with E-state index in [1.54, 1.807) is 24.3 Å². The monoisotopic (exact) mass is 355 g/mol. The predicted octanol–water partition coefficient (Wildman–Crippen LogP) is 1.28. The minimum absolute atomic E-state index is 0.147. The third-order valence-electron chi connectivity index (χ3n) is 4.33. The molecule has 0 aliphatic rings. The Hall–Kier alpha value is -3.06. The van der Waals surface area contributed by atoms with E-state index in [0.29, 0.717) is 22.4 Å². The molecule has 26 heavy (non-hydrogen) atoms. The molecule has 7 heteroatoms. The van der Waals surface area contributed by atoms with Crippen LogP contribution < -0.4 is 15.8 Å². The van der Waals surface area contributed by atoms with Gasteiger partial charge < -0.3 is 15.2 Å². The number of amides is 1. The summed E-state index contributed by atoms with van der Waals surface area (Å²) in [6.07, 6.45) is 0. The summed E-state index contributed by atoms with van der Waals surface area (Å²) in [7, 11) is 1.84. The van der Waals surface area contributed by atoms with Crippen molar-refractivity contribution in [2.75, 3.05) is 18.9 Å². The van der Waals surface area contributed by atoms with Crippen molar-refractivity contribution in [2.24, 2.45) is 0 Å². The molecule has 0 saturated carbocycles. The maximum Gasteiger partial charge on any atom is 0.279 e. The van der Waals surface area contributed by atoms with Crippen LogP contribution in [0.4, 0.5) is 10.1 Å². The normalized spacial score (nSPS) is 13.3. The van der Waals surface area contributed by atoms with E-state index in [1.165, 1.54) is 18.2 Å². The Morgan fingerprint density at radius 1 is 1.27 bits per heavy atom.